The largest absolute Gasteiger partial charge is 0.497 e. The van der Waals surface area contributed by atoms with Crippen molar-refractivity contribution in [2.24, 2.45) is 5.10 Å². The number of thioether (sulfide) groups is 1. The van der Waals surface area contributed by atoms with Crippen molar-refractivity contribution in [2.75, 3.05) is 29.5 Å². The average molecular weight is 546 g/mol. The van der Waals surface area contributed by atoms with Crippen LogP contribution in [0.1, 0.15) is 5.56 Å². The molecule has 0 spiro atoms. The van der Waals surface area contributed by atoms with E-state index in [2.05, 4.69) is 10.5 Å². The van der Waals surface area contributed by atoms with E-state index in [0.29, 0.717) is 10.8 Å². The third-order valence-corrected chi connectivity index (χ3v) is 8.48. The molecule has 188 valence electrons. The van der Waals surface area contributed by atoms with Crippen molar-refractivity contribution in [2.45, 2.75) is 11.0 Å². The molecule has 3 aromatic carbocycles. The lowest BCUT2D eigenvalue weighted by atomic mass is 10.2. The van der Waals surface area contributed by atoms with Crippen molar-refractivity contribution < 1.29 is 22.7 Å². The number of hydrogen-bond acceptors (Lipinski definition) is 7. The number of carbonyl (C=O) groups is 1. The molecule has 1 saturated heterocycles. The summed E-state index contributed by atoms with van der Waals surface area (Å²) in [6.07, 6.45) is 1.69. The van der Waals surface area contributed by atoms with Crippen molar-refractivity contribution in [3.05, 3.63) is 83.4 Å². The summed E-state index contributed by atoms with van der Waals surface area (Å²) >= 11 is 7.81. The van der Waals surface area contributed by atoms with Gasteiger partial charge in [-0.15, -0.1) is 0 Å². The van der Waals surface area contributed by atoms with Crippen molar-refractivity contribution in [1.82, 2.24) is 5.43 Å². The van der Waals surface area contributed by atoms with Gasteiger partial charge in [0.05, 0.1) is 23.9 Å². The number of methoxy groups -OCH3 is 1. The molecule has 1 amide bonds. The lowest BCUT2D eigenvalue weighted by Gasteiger charge is -2.25. The van der Waals surface area contributed by atoms with E-state index in [4.69, 9.17) is 21.1 Å². The Labute approximate surface area is 219 Å². The Kier molecular flexibility index (Phi) is 8.40. The summed E-state index contributed by atoms with van der Waals surface area (Å²) in [7, 11) is -2.58. The summed E-state index contributed by atoms with van der Waals surface area (Å²) in [5, 5.41) is 4.43. The van der Waals surface area contributed by atoms with Gasteiger partial charge in [0.15, 0.2) is 0 Å². The minimum absolute atomic E-state index is 0.0104. The third-order valence-electron chi connectivity index (χ3n) is 5.22. The lowest BCUT2D eigenvalue weighted by molar-refractivity contribution is -0.119. The molecule has 1 N–H and O–H groups in total. The number of nitrogens with one attached hydrogen (secondary N) is 1. The van der Waals surface area contributed by atoms with E-state index >= 15 is 0 Å². The molecule has 0 saturated carbocycles. The number of amides is 1. The van der Waals surface area contributed by atoms with E-state index in [1.54, 1.807) is 24.3 Å². The fourth-order valence-corrected chi connectivity index (χ4v) is 5.40. The van der Waals surface area contributed by atoms with Crippen LogP contribution in [0.2, 0.25) is 5.02 Å². The van der Waals surface area contributed by atoms with Crippen LogP contribution in [-0.4, -0.2) is 51.8 Å². The SMILES string of the molecule is COc1ccc(S(=O)(=O)N(CC(=O)N/N=C\c2cccc(OC3CSC3)c2)c2ccc(Cl)cc2)cc1. The second-order valence-electron chi connectivity index (χ2n) is 7.81. The topological polar surface area (TPSA) is 97.3 Å². The van der Waals surface area contributed by atoms with Crippen molar-refractivity contribution in [3.63, 3.8) is 0 Å². The van der Waals surface area contributed by atoms with Gasteiger partial charge < -0.3 is 9.47 Å². The van der Waals surface area contributed by atoms with Crippen LogP contribution in [0, 0.1) is 0 Å². The molecular formula is C25H24ClN3O5S2. The molecule has 11 heteroatoms. The number of carbonyl (C=O) groups excluding carboxylic acids is 1. The Morgan fingerprint density at radius 2 is 1.83 bits per heavy atom. The molecule has 0 unspecified atom stereocenters. The van der Waals surface area contributed by atoms with Crippen LogP contribution in [0.5, 0.6) is 11.5 Å². The Morgan fingerprint density at radius 1 is 1.11 bits per heavy atom. The van der Waals surface area contributed by atoms with Crippen molar-refractivity contribution in [1.29, 1.82) is 0 Å². The number of hydrogen-bond donors (Lipinski definition) is 1. The first-order chi connectivity index (χ1) is 17.3. The van der Waals surface area contributed by atoms with Gasteiger partial charge in [-0.3, -0.25) is 9.10 Å². The first-order valence-corrected chi connectivity index (χ1v) is 13.9. The van der Waals surface area contributed by atoms with Gasteiger partial charge in [-0.2, -0.15) is 16.9 Å². The van der Waals surface area contributed by atoms with Crippen LogP contribution >= 0.6 is 23.4 Å². The van der Waals surface area contributed by atoms with E-state index in [9.17, 15) is 13.2 Å². The predicted molar refractivity (Wildman–Crippen MR) is 143 cm³/mol. The highest BCUT2D eigenvalue weighted by Gasteiger charge is 2.27. The van der Waals surface area contributed by atoms with E-state index in [-0.39, 0.29) is 16.7 Å². The highest BCUT2D eigenvalue weighted by molar-refractivity contribution is 8.00. The number of benzene rings is 3. The molecule has 0 aromatic heterocycles. The summed E-state index contributed by atoms with van der Waals surface area (Å²) < 4.78 is 38.8. The molecule has 4 rings (SSSR count). The number of ether oxygens (including phenoxy) is 2. The minimum Gasteiger partial charge on any atom is -0.497 e. The fourth-order valence-electron chi connectivity index (χ4n) is 3.28. The van der Waals surface area contributed by atoms with Gasteiger partial charge >= 0.3 is 0 Å². The number of hydrazone groups is 1. The van der Waals surface area contributed by atoms with Gasteiger partial charge in [-0.25, -0.2) is 13.8 Å². The summed E-state index contributed by atoms with van der Waals surface area (Å²) in [4.78, 5) is 12.7. The summed E-state index contributed by atoms with van der Waals surface area (Å²) in [6.45, 7) is -0.490. The molecule has 0 aliphatic carbocycles. The summed E-state index contributed by atoms with van der Waals surface area (Å²) in [5.74, 6) is 2.57. The normalized spacial score (nSPS) is 13.7. The number of halogens is 1. The highest BCUT2D eigenvalue weighted by Crippen LogP contribution is 2.26. The Hall–Kier alpha value is -3.21. The molecule has 0 radical (unpaired) electrons. The molecule has 8 nitrogen and oxygen atoms in total. The highest BCUT2D eigenvalue weighted by atomic mass is 35.5. The zero-order valence-corrected chi connectivity index (χ0v) is 21.7. The molecule has 1 fully saturated rings. The molecule has 0 atom stereocenters. The molecule has 36 heavy (non-hydrogen) atoms. The predicted octanol–water partition coefficient (Wildman–Crippen LogP) is 4.19. The zero-order chi connectivity index (χ0) is 25.5. The van der Waals surface area contributed by atoms with E-state index in [1.165, 1.54) is 37.6 Å². The monoisotopic (exact) mass is 545 g/mol. The quantitative estimate of drug-likeness (QED) is 0.303. The summed E-state index contributed by atoms with van der Waals surface area (Å²) in [6, 6.07) is 19.5. The van der Waals surface area contributed by atoms with Crippen LogP contribution in [0.15, 0.2) is 82.8 Å². The number of sulfonamides is 1. The summed E-state index contributed by atoms with van der Waals surface area (Å²) in [5.41, 5.74) is 3.42. The van der Waals surface area contributed by atoms with E-state index in [0.717, 1.165) is 27.1 Å². The molecule has 1 aliphatic rings. The average Bonchev–Trinajstić information content (AvgIpc) is 2.86. The van der Waals surface area contributed by atoms with Crippen molar-refractivity contribution >= 4 is 51.2 Å². The van der Waals surface area contributed by atoms with Gasteiger partial charge in [0.2, 0.25) is 0 Å². The van der Waals surface area contributed by atoms with Crippen LogP contribution < -0.4 is 19.2 Å². The van der Waals surface area contributed by atoms with Crippen LogP contribution in [0.25, 0.3) is 0 Å². The number of anilines is 1. The van der Waals surface area contributed by atoms with Gasteiger partial charge in [0.1, 0.15) is 24.1 Å². The first-order valence-electron chi connectivity index (χ1n) is 10.9. The number of nitrogens with zero attached hydrogens (tertiary/aromatic N) is 2. The first kappa shape index (κ1) is 25.9. The Balaban J connectivity index is 1.48. The minimum atomic E-state index is -4.07. The van der Waals surface area contributed by atoms with Crippen LogP contribution in [0.3, 0.4) is 0 Å². The fraction of sp³-hybridized carbons (Fsp3) is 0.200. The maximum Gasteiger partial charge on any atom is 0.264 e. The van der Waals surface area contributed by atoms with Crippen molar-refractivity contribution in [3.8, 4) is 11.5 Å². The molecule has 3 aromatic rings. The van der Waals surface area contributed by atoms with E-state index in [1.807, 2.05) is 36.0 Å². The maximum absolute atomic E-state index is 13.4. The Morgan fingerprint density at radius 3 is 2.47 bits per heavy atom. The third kappa shape index (κ3) is 6.51. The standard InChI is InChI=1S/C25H24ClN3O5S2/c1-33-21-9-11-24(12-10-21)36(31,32)29(20-7-5-19(26)6-8-20)15-25(30)28-27-14-18-3-2-4-22(13-18)34-23-16-35-17-23/h2-14,23H,15-17H2,1H3,(H,28,30)/b27-14-. The lowest BCUT2D eigenvalue weighted by Crippen LogP contribution is -2.39. The molecule has 1 heterocycles. The molecule has 0 bridgehead atoms. The van der Waals surface area contributed by atoms with Crippen LogP contribution in [0.4, 0.5) is 5.69 Å². The zero-order valence-electron chi connectivity index (χ0n) is 19.3. The van der Waals surface area contributed by atoms with Gasteiger partial charge in [-0.05, 0) is 66.2 Å². The maximum atomic E-state index is 13.4. The van der Waals surface area contributed by atoms with E-state index < -0.39 is 22.5 Å². The van der Waals surface area contributed by atoms with Gasteiger partial charge in [-0.1, -0.05) is 23.7 Å². The Bertz CT molecular complexity index is 1330. The second-order valence-corrected chi connectivity index (χ2v) is 11.2. The van der Waals surface area contributed by atoms with Gasteiger partial charge in [0.25, 0.3) is 15.9 Å². The van der Waals surface area contributed by atoms with Gasteiger partial charge in [0, 0.05) is 16.5 Å². The molecule has 1 aliphatic heterocycles. The smallest absolute Gasteiger partial charge is 0.264 e. The number of rotatable bonds is 10. The van der Waals surface area contributed by atoms with Crippen LogP contribution in [-0.2, 0) is 14.8 Å². The second kappa shape index (κ2) is 11.7. The molecular weight excluding hydrogens is 522 g/mol.